The van der Waals surface area contributed by atoms with E-state index in [1.54, 1.807) is 6.07 Å². The zero-order chi connectivity index (χ0) is 12.7. The third-order valence-corrected chi connectivity index (χ3v) is 3.26. The van der Waals surface area contributed by atoms with Crippen LogP contribution >= 0.6 is 11.6 Å². The lowest BCUT2D eigenvalue weighted by atomic mass is 9.92. The number of halogens is 1. The van der Waals surface area contributed by atoms with Gasteiger partial charge in [-0.25, -0.2) is 4.79 Å². The molecule has 3 rings (SSSR count). The Morgan fingerprint density at radius 1 is 1.17 bits per heavy atom. The lowest BCUT2D eigenvalue weighted by Crippen LogP contribution is -2.02. The predicted molar refractivity (Wildman–Crippen MR) is 74.9 cm³/mol. The predicted octanol–water partition coefficient (Wildman–Crippen LogP) is 2.48. The van der Waals surface area contributed by atoms with Crippen LogP contribution in [-0.4, -0.2) is 7.85 Å². The minimum absolute atomic E-state index is 0.269. The summed E-state index contributed by atoms with van der Waals surface area (Å²) in [4.78, 5) is 11.4. The van der Waals surface area contributed by atoms with E-state index in [-0.39, 0.29) is 11.5 Å². The van der Waals surface area contributed by atoms with Gasteiger partial charge in [0, 0.05) is 17.3 Å². The van der Waals surface area contributed by atoms with E-state index in [2.05, 4.69) is 0 Å². The number of rotatable bonds is 1. The molecule has 0 fully saturated rings. The van der Waals surface area contributed by atoms with Crippen LogP contribution in [0.3, 0.4) is 0 Å². The van der Waals surface area contributed by atoms with Gasteiger partial charge in [0.25, 0.3) is 0 Å². The van der Waals surface area contributed by atoms with Gasteiger partial charge in [0.1, 0.15) is 13.4 Å². The summed E-state index contributed by atoms with van der Waals surface area (Å²) in [5.74, 6) is 0.269. The van der Waals surface area contributed by atoms with Crippen LogP contribution in [0.1, 0.15) is 5.56 Å². The monoisotopic (exact) mass is 254 g/mol. The van der Waals surface area contributed by atoms with Gasteiger partial charge < -0.3 is 4.42 Å². The second-order valence-electron chi connectivity index (χ2n) is 4.14. The van der Waals surface area contributed by atoms with E-state index < -0.39 is 0 Å². The maximum atomic E-state index is 11.4. The van der Waals surface area contributed by atoms with Crippen molar-refractivity contribution in [3.63, 3.8) is 0 Å². The van der Waals surface area contributed by atoms with Crippen LogP contribution in [0.15, 0.2) is 45.6 Å². The fraction of sp³-hybridized carbons (Fsp3) is 0.0714. The Balaban J connectivity index is 2.56. The molecular weight excluding hydrogens is 246 g/mol. The Kier molecular flexibility index (Phi) is 2.64. The standard InChI is InChI=1S/C14H8BClO2/c15-10-2-3-11-8(5-10)1-4-12-14(11)9(7-16)6-13(17)18-12/h1-6H,7H2. The number of benzene rings is 2. The first kappa shape index (κ1) is 11.4. The molecule has 0 spiro atoms. The Morgan fingerprint density at radius 3 is 2.78 bits per heavy atom. The van der Waals surface area contributed by atoms with E-state index in [1.165, 1.54) is 6.07 Å². The highest BCUT2D eigenvalue weighted by molar-refractivity contribution is 6.33. The van der Waals surface area contributed by atoms with Crippen molar-refractivity contribution in [3.05, 3.63) is 52.4 Å². The summed E-state index contributed by atoms with van der Waals surface area (Å²) in [5.41, 5.74) is 1.65. The van der Waals surface area contributed by atoms with E-state index in [1.807, 2.05) is 24.3 Å². The van der Waals surface area contributed by atoms with Gasteiger partial charge in [-0.3, -0.25) is 0 Å². The molecule has 0 amide bonds. The lowest BCUT2D eigenvalue weighted by molar-refractivity contribution is 0.560. The first-order valence-electron chi connectivity index (χ1n) is 5.50. The SMILES string of the molecule is [B]c1ccc2c(ccc3oc(=O)cc(CCl)c32)c1. The van der Waals surface area contributed by atoms with Gasteiger partial charge in [0.05, 0.1) is 0 Å². The van der Waals surface area contributed by atoms with Crippen LogP contribution in [-0.2, 0) is 5.88 Å². The van der Waals surface area contributed by atoms with E-state index in [0.717, 1.165) is 21.7 Å². The molecule has 0 unspecified atom stereocenters. The molecular formula is C14H8BClO2. The quantitative estimate of drug-likeness (QED) is 0.289. The topological polar surface area (TPSA) is 30.2 Å². The van der Waals surface area contributed by atoms with E-state index in [0.29, 0.717) is 11.0 Å². The van der Waals surface area contributed by atoms with E-state index >= 15 is 0 Å². The second kappa shape index (κ2) is 4.18. The smallest absolute Gasteiger partial charge is 0.336 e. The van der Waals surface area contributed by atoms with Gasteiger partial charge in [-0.15, -0.1) is 11.6 Å². The molecule has 0 aliphatic heterocycles. The van der Waals surface area contributed by atoms with Crippen LogP contribution in [0.5, 0.6) is 0 Å². The highest BCUT2D eigenvalue weighted by Crippen LogP contribution is 2.27. The zero-order valence-electron chi connectivity index (χ0n) is 9.44. The van der Waals surface area contributed by atoms with Crippen molar-refractivity contribution < 1.29 is 4.42 Å². The van der Waals surface area contributed by atoms with E-state index in [9.17, 15) is 4.79 Å². The first-order chi connectivity index (χ1) is 8.69. The van der Waals surface area contributed by atoms with Crippen LogP contribution in [0.25, 0.3) is 21.7 Å². The molecule has 0 aliphatic rings. The summed E-state index contributed by atoms with van der Waals surface area (Å²) in [6, 6.07) is 10.7. The summed E-state index contributed by atoms with van der Waals surface area (Å²) >= 11 is 5.90. The highest BCUT2D eigenvalue weighted by Gasteiger charge is 2.08. The minimum atomic E-state index is -0.382. The molecule has 0 bridgehead atoms. The maximum absolute atomic E-state index is 11.4. The summed E-state index contributed by atoms with van der Waals surface area (Å²) in [6.45, 7) is 0. The molecule has 0 saturated carbocycles. The van der Waals surface area contributed by atoms with Crippen molar-refractivity contribution in [2.45, 2.75) is 5.88 Å². The number of hydrogen-bond donors (Lipinski definition) is 0. The minimum Gasteiger partial charge on any atom is -0.423 e. The lowest BCUT2D eigenvalue weighted by Gasteiger charge is -2.07. The third-order valence-electron chi connectivity index (χ3n) is 2.97. The third kappa shape index (κ3) is 1.71. The first-order valence-corrected chi connectivity index (χ1v) is 6.03. The fourth-order valence-corrected chi connectivity index (χ4v) is 2.41. The summed E-state index contributed by atoms with van der Waals surface area (Å²) < 4.78 is 5.20. The molecule has 0 saturated heterocycles. The highest BCUT2D eigenvalue weighted by atomic mass is 35.5. The Bertz CT molecular complexity index is 808. The Morgan fingerprint density at radius 2 is 2.00 bits per heavy atom. The molecule has 18 heavy (non-hydrogen) atoms. The van der Waals surface area contributed by atoms with Gasteiger partial charge in [-0.05, 0) is 22.4 Å². The molecule has 3 aromatic rings. The van der Waals surface area contributed by atoms with Crippen LogP contribution < -0.4 is 11.1 Å². The molecule has 2 nitrogen and oxygen atoms in total. The molecule has 0 N–H and O–H groups in total. The molecule has 0 atom stereocenters. The number of fused-ring (bicyclic) bond motifs is 3. The normalized spacial score (nSPS) is 11.2. The molecule has 2 aromatic carbocycles. The Hall–Kier alpha value is -1.74. The molecule has 86 valence electrons. The van der Waals surface area contributed by atoms with Gasteiger partial charge in [-0.1, -0.05) is 29.7 Å². The van der Waals surface area contributed by atoms with Crippen molar-refractivity contribution in [2.24, 2.45) is 0 Å². The van der Waals surface area contributed by atoms with Crippen molar-refractivity contribution in [2.75, 3.05) is 0 Å². The fourth-order valence-electron chi connectivity index (χ4n) is 2.20. The van der Waals surface area contributed by atoms with Crippen LogP contribution in [0, 0.1) is 0 Å². The largest absolute Gasteiger partial charge is 0.423 e. The molecule has 0 aliphatic carbocycles. The average molecular weight is 254 g/mol. The molecule has 1 aromatic heterocycles. The summed E-state index contributed by atoms with van der Waals surface area (Å²) in [7, 11) is 5.76. The van der Waals surface area contributed by atoms with Crippen molar-refractivity contribution >= 4 is 46.7 Å². The van der Waals surface area contributed by atoms with Crippen LogP contribution in [0.2, 0.25) is 0 Å². The number of hydrogen-bond acceptors (Lipinski definition) is 2. The Labute approximate surface area is 110 Å². The van der Waals surface area contributed by atoms with Crippen molar-refractivity contribution in [3.8, 4) is 0 Å². The maximum Gasteiger partial charge on any atom is 0.336 e. The molecule has 4 heteroatoms. The molecule has 1 heterocycles. The van der Waals surface area contributed by atoms with Crippen molar-refractivity contribution in [1.82, 2.24) is 0 Å². The summed E-state index contributed by atoms with van der Waals surface area (Å²) in [5, 5.41) is 2.87. The van der Waals surface area contributed by atoms with Gasteiger partial charge in [-0.2, -0.15) is 0 Å². The van der Waals surface area contributed by atoms with Gasteiger partial charge in [0.15, 0.2) is 0 Å². The summed E-state index contributed by atoms with van der Waals surface area (Å²) in [6.07, 6.45) is 0. The number of alkyl halides is 1. The zero-order valence-corrected chi connectivity index (χ0v) is 10.2. The average Bonchev–Trinajstić information content (AvgIpc) is 2.37. The van der Waals surface area contributed by atoms with Crippen molar-refractivity contribution in [1.29, 1.82) is 0 Å². The molecule has 2 radical (unpaired) electrons. The van der Waals surface area contributed by atoms with Gasteiger partial charge in [0.2, 0.25) is 0 Å². The van der Waals surface area contributed by atoms with E-state index in [4.69, 9.17) is 23.9 Å². The second-order valence-corrected chi connectivity index (χ2v) is 4.41. The van der Waals surface area contributed by atoms with Crippen LogP contribution in [0.4, 0.5) is 0 Å². The van der Waals surface area contributed by atoms with Gasteiger partial charge >= 0.3 is 5.63 Å².